The summed E-state index contributed by atoms with van der Waals surface area (Å²) in [5, 5.41) is 2.69. The molecule has 2 aromatic rings. The van der Waals surface area contributed by atoms with Gasteiger partial charge < -0.3 is 19.5 Å². The lowest BCUT2D eigenvalue weighted by atomic mass is 10.1. The molecule has 0 fully saturated rings. The van der Waals surface area contributed by atoms with Crippen LogP contribution >= 0.6 is 0 Å². The normalized spacial score (nSPS) is 12.6. The summed E-state index contributed by atoms with van der Waals surface area (Å²) in [6, 6.07) is 12.8. The van der Waals surface area contributed by atoms with Crippen molar-refractivity contribution < 1.29 is 28.2 Å². The Labute approximate surface area is 163 Å². The number of hydrogen-bond acceptors (Lipinski definition) is 5. The van der Waals surface area contributed by atoms with Gasteiger partial charge in [0.1, 0.15) is 17.3 Å². The number of ether oxygens (including phenoxy) is 3. The predicted octanol–water partition coefficient (Wildman–Crippen LogP) is 2.89. The van der Waals surface area contributed by atoms with Gasteiger partial charge in [-0.1, -0.05) is 12.1 Å². The quantitative estimate of drug-likeness (QED) is 0.668. The van der Waals surface area contributed by atoms with Crippen LogP contribution in [0, 0.1) is 5.82 Å². The molecule has 0 aliphatic carbocycles. The maximum atomic E-state index is 12.9. The minimum atomic E-state index is -0.956. The first-order valence-corrected chi connectivity index (χ1v) is 8.92. The van der Waals surface area contributed by atoms with Gasteiger partial charge >= 0.3 is 5.97 Å². The van der Waals surface area contributed by atoms with Crippen LogP contribution in [0.25, 0.3) is 0 Å². The topological polar surface area (TPSA) is 73.9 Å². The molecule has 2 rings (SSSR count). The lowest BCUT2D eigenvalue weighted by Crippen LogP contribution is -2.39. The minimum absolute atomic E-state index is 0.306. The Hall–Kier alpha value is -3.09. The summed E-state index contributed by atoms with van der Waals surface area (Å²) in [6.45, 7) is 3.39. The fourth-order valence-electron chi connectivity index (χ4n) is 2.35. The molecule has 0 radical (unpaired) electrons. The Morgan fingerprint density at radius 2 is 1.57 bits per heavy atom. The zero-order chi connectivity index (χ0) is 20.5. The number of rotatable bonds is 9. The average Bonchev–Trinajstić information content (AvgIpc) is 2.69. The summed E-state index contributed by atoms with van der Waals surface area (Å²) in [7, 11) is 1.56. The molecule has 2 aromatic carbocycles. The van der Waals surface area contributed by atoms with Gasteiger partial charge in [-0.25, -0.2) is 9.18 Å². The largest absolute Gasteiger partial charge is 0.497 e. The summed E-state index contributed by atoms with van der Waals surface area (Å²) >= 11 is 0. The van der Waals surface area contributed by atoms with Gasteiger partial charge in [-0.15, -0.1) is 0 Å². The molecule has 0 aromatic heterocycles. The van der Waals surface area contributed by atoms with Gasteiger partial charge in [0.15, 0.2) is 12.2 Å². The second-order valence-electron chi connectivity index (χ2n) is 6.18. The molecule has 0 aliphatic heterocycles. The molecule has 28 heavy (non-hydrogen) atoms. The van der Waals surface area contributed by atoms with Crippen molar-refractivity contribution in [1.29, 1.82) is 0 Å². The summed E-state index contributed by atoms with van der Waals surface area (Å²) in [5.74, 6) is -0.196. The smallest absolute Gasteiger partial charge is 0.347 e. The molecule has 1 N–H and O–H groups in total. The van der Waals surface area contributed by atoms with Crippen LogP contribution in [0.4, 0.5) is 4.39 Å². The van der Waals surface area contributed by atoms with Crippen LogP contribution < -0.4 is 14.8 Å². The van der Waals surface area contributed by atoms with Crippen molar-refractivity contribution in [3.8, 4) is 11.5 Å². The Morgan fingerprint density at radius 1 is 0.964 bits per heavy atom. The lowest BCUT2D eigenvalue weighted by molar-refractivity contribution is -0.160. The SMILES string of the molecule is COc1ccc(OC(C)C(=O)OC(C)C(=O)NCCc2ccc(F)cc2)cc1. The zero-order valence-electron chi connectivity index (χ0n) is 16.1. The highest BCUT2D eigenvalue weighted by atomic mass is 19.1. The van der Waals surface area contributed by atoms with Gasteiger partial charge in [0.05, 0.1) is 7.11 Å². The number of carbonyl (C=O) groups is 2. The highest BCUT2D eigenvalue weighted by Crippen LogP contribution is 2.18. The number of carbonyl (C=O) groups excluding carboxylic acids is 2. The molecule has 0 saturated carbocycles. The number of halogens is 1. The summed E-state index contributed by atoms with van der Waals surface area (Å²) in [5.41, 5.74) is 0.896. The Kier molecular flexibility index (Phi) is 7.80. The van der Waals surface area contributed by atoms with Crippen LogP contribution in [0.5, 0.6) is 11.5 Å². The van der Waals surface area contributed by atoms with E-state index in [1.807, 2.05) is 0 Å². The van der Waals surface area contributed by atoms with Crippen molar-refractivity contribution in [1.82, 2.24) is 5.32 Å². The molecule has 0 bridgehead atoms. The first-order chi connectivity index (χ1) is 13.4. The standard InChI is InChI=1S/C21H24FNO5/c1-14(20(24)23-13-12-16-4-6-17(22)7-5-16)28-21(25)15(2)27-19-10-8-18(26-3)9-11-19/h4-11,14-15H,12-13H2,1-3H3,(H,23,24). The molecular formula is C21H24FNO5. The Bertz CT molecular complexity index is 776. The van der Waals surface area contributed by atoms with Crippen LogP contribution in [0.15, 0.2) is 48.5 Å². The van der Waals surface area contributed by atoms with E-state index in [4.69, 9.17) is 14.2 Å². The maximum absolute atomic E-state index is 12.9. The van der Waals surface area contributed by atoms with E-state index in [9.17, 15) is 14.0 Å². The Morgan fingerprint density at radius 3 is 2.18 bits per heavy atom. The van der Waals surface area contributed by atoms with Crippen molar-refractivity contribution in [3.63, 3.8) is 0 Å². The maximum Gasteiger partial charge on any atom is 0.347 e. The predicted molar refractivity (Wildman–Crippen MR) is 102 cm³/mol. The number of benzene rings is 2. The van der Waals surface area contributed by atoms with Gasteiger partial charge in [-0.2, -0.15) is 0 Å². The highest BCUT2D eigenvalue weighted by molar-refractivity contribution is 5.84. The van der Waals surface area contributed by atoms with E-state index in [-0.39, 0.29) is 5.82 Å². The summed E-state index contributed by atoms with van der Waals surface area (Å²) in [6.07, 6.45) is -1.28. The van der Waals surface area contributed by atoms with Crippen molar-refractivity contribution >= 4 is 11.9 Å². The minimum Gasteiger partial charge on any atom is -0.497 e. The van der Waals surface area contributed by atoms with Crippen molar-refractivity contribution in [2.75, 3.05) is 13.7 Å². The van der Waals surface area contributed by atoms with Crippen molar-refractivity contribution in [2.45, 2.75) is 32.5 Å². The van der Waals surface area contributed by atoms with Crippen LogP contribution in [0.3, 0.4) is 0 Å². The molecule has 7 heteroatoms. The molecule has 0 heterocycles. The third-order valence-electron chi connectivity index (χ3n) is 3.99. The molecular weight excluding hydrogens is 365 g/mol. The summed E-state index contributed by atoms with van der Waals surface area (Å²) < 4.78 is 28.6. The van der Waals surface area contributed by atoms with Crippen LogP contribution in [0.1, 0.15) is 19.4 Å². The zero-order valence-corrected chi connectivity index (χ0v) is 16.1. The van der Waals surface area contributed by atoms with E-state index < -0.39 is 24.1 Å². The number of esters is 1. The molecule has 0 saturated heterocycles. The van der Waals surface area contributed by atoms with Gasteiger partial charge in [0, 0.05) is 6.54 Å². The fraction of sp³-hybridized carbons (Fsp3) is 0.333. The Balaban J connectivity index is 1.74. The van der Waals surface area contributed by atoms with Crippen LogP contribution in [0.2, 0.25) is 0 Å². The highest BCUT2D eigenvalue weighted by Gasteiger charge is 2.23. The molecule has 0 spiro atoms. The van der Waals surface area contributed by atoms with Crippen LogP contribution in [-0.2, 0) is 20.7 Å². The third-order valence-corrected chi connectivity index (χ3v) is 3.99. The van der Waals surface area contributed by atoms with E-state index >= 15 is 0 Å². The molecule has 1 amide bonds. The second-order valence-corrected chi connectivity index (χ2v) is 6.18. The number of hydrogen-bond donors (Lipinski definition) is 1. The third kappa shape index (κ3) is 6.57. The van der Waals surface area contributed by atoms with Crippen LogP contribution in [-0.4, -0.2) is 37.7 Å². The van der Waals surface area contributed by atoms with E-state index in [0.29, 0.717) is 24.5 Å². The van der Waals surface area contributed by atoms with Crippen molar-refractivity contribution in [2.24, 2.45) is 0 Å². The van der Waals surface area contributed by atoms with Gasteiger partial charge in [0.2, 0.25) is 0 Å². The fourth-order valence-corrected chi connectivity index (χ4v) is 2.35. The van der Waals surface area contributed by atoms with Gasteiger partial charge in [0.25, 0.3) is 5.91 Å². The van der Waals surface area contributed by atoms with E-state index in [1.54, 1.807) is 50.4 Å². The lowest BCUT2D eigenvalue weighted by Gasteiger charge is -2.18. The first-order valence-electron chi connectivity index (χ1n) is 8.92. The van der Waals surface area contributed by atoms with Gasteiger partial charge in [-0.3, -0.25) is 4.79 Å². The van der Waals surface area contributed by atoms with E-state index in [2.05, 4.69) is 5.32 Å². The summed E-state index contributed by atoms with van der Waals surface area (Å²) in [4.78, 5) is 24.2. The molecule has 2 unspecified atom stereocenters. The number of methoxy groups -OCH3 is 1. The number of amides is 1. The van der Waals surface area contributed by atoms with Crippen molar-refractivity contribution in [3.05, 3.63) is 59.9 Å². The van der Waals surface area contributed by atoms with Gasteiger partial charge in [-0.05, 0) is 62.2 Å². The average molecular weight is 389 g/mol. The monoisotopic (exact) mass is 389 g/mol. The second kappa shape index (κ2) is 10.3. The van der Waals surface area contributed by atoms with E-state index in [0.717, 1.165) is 5.56 Å². The molecule has 150 valence electrons. The first kappa shape index (κ1) is 21.2. The number of nitrogens with one attached hydrogen (secondary N) is 1. The molecule has 0 aliphatic rings. The molecule has 2 atom stereocenters. The molecule has 6 nitrogen and oxygen atoms in total. The van der Waals surface area contributed by atoms with E-state index in [1.165, 1.54) is 19.1 Å².